The normalized spacial score (nSPS) is 13.7. The van der Waals surface area contributed by atoms with Crippen LogP contribution in [0.25, 0.3) is 133 Å². The van der Waals surface area contributed by atoms with Crippen molar-refractivity contribution < 1.29 is 0 Å². The number of fused-ring (bicyclic) bond motifs is 12. The Morgan fingerprint density at radius 2 is 0.463 bits per heavy atom. The summed E-state index contributed by atoms with van der Waals surface area (Å²) in [6, 6.07) is 99.6. The fourth-order valence-corrected chi connectivity index (χ4v) is 13.9. The SMILES string of the molecule is CC1(C)c2cc(-c3ccc(-c4ccc5c(c4)c4ccccc4n5-c4ccccc4)cc3)ccc2-c2ccc(-c3ccc4c(c3)C(C)(C)c3cc(-c5ccc(-c6ccc7c(c6)c6ccccc6n7-c6ccccc6)cc5)ccc3-4)cc21. The number of para-hydroxylation sites is 4. The molecule has 2 aliphatic carbocycles. The Kier molecular flexibility index (Phi) is 10.1. The third kappa shape index (κ3) is 6.98. The molecule has 16 rings (SSSR count). The number of aromatic nitrogens is 2. The zero-order chi connectivity index (χ0) is 53.4. The molecular formula is C78H56N2. The molecule has 2 aromatic heterocycles. The van der Waals surface area contributed by atoms with Gasteiger partial charge in [0.1, 0.15) is 0 Å². The first-order valence-corrected chi connectivity index (χ1v) is 28.1. The van der Waals surface area contributed by atoms with Crippen molar-refractivity contribution in [3.05, 3.63) is 289 Å². The van der Waals surface area contributed by atoms with Crippen LogP contribution in [0.2, 0.25) is 0 Å². The van der Waals surface area contributed by atoms with Crippen LogP contribution in [0.15, 0.2) is 267 Å². The van der Waals surface area contributed by atoms with Gasteiger partial charge in [-0.25, -0.2) is 0 Å². The molecule has 0 unspecified atom stereocenters. The van der Waals surface area contributed by atoms with Gasteiger partial charge in [0.05, 0.1) is 22.1 Å². The van der Waals surface area contributed by atoms with Crippen molar-refractivity contribution in [2.45, 2.75) is 38.5 Å². The van der Waals surface area contributed by atoms with Crippen LogP contribution in [0.1, 0.15) is 49.9 Å². The summed E-state index contributed by atoms with van der Waals surface area (Å²) in [5.74, 6) is 0. The van der Waals surface area contributed by atoms with E-state index in [1.807, 2.05) is 0 Å². The minimum Gasteiger partial charge on any atom is -0.309 e. The number of hydrogen-bond acceptors (Lipinski definition) is 0. The van der Waals surface area contributed by atoms with E-state index in [0.717, 1.165) is 0 Å². The molecule has 14 aromatic rings. The van der Waals surface area contributed by atoms with Crippen LogP contribution < -0.4 is 0 Å². The quantitative estimate of drug-likeness (QED) is 0.151. The van der Waals surface area contributed by atoms with Gasteiger partial charge < -0.3 is 9.13 Å². The van der Waals surface area contributed by atoms with Gasteiger partial charge in [-0.15, -0.1) is 0 Å². The van der Waals surface area contributed by atoms with Gasteiger partial charge in [0, 0.05) is 43.7 Å². The summed E-state index contributed by atoms with van der Waals surface area (Å²) < 4.78 is 4.76. The Labute approximate surface area is 467 Å². The molecule has 378 valence electrons. The molecule has 0 radical (unpaired) electrons. The summed E-state index contributed by atoms with van der Waals surface area (Å²) in [6.07, 6.45) is 0. The Balaban J connectivity index is 0.654. The predicted molar refractivity (Wildman–Crippen MR) is 337 cm³/mol. The molecule has 2 heterocycles. The molecule has 0 aliphatic heterocycles. The zero-order valence-electron chi connectivity index (χ0n) is 45.3. The molecule has 2 nitrogen and oxygen atoms in total. The van der Waals surface area contributed by atoms with Gasteiger partial charge in [0.15, 0.2) is 0 Å². The zero-order valence-corrected chi connectivity index (χ0v) is 45.3. The molecule has 0 spiro atoms. The average molecular weight is 1020 g/mol. The van der Waals surface area contributed by atoms with E-state index in [9.17, 15) is 0 Å². The maximum atomic E-state index is 2.47. The lowest BCUT2D eigenvalue weighted by Gasteiger charge is -2.24. The largest absolute Gasteiger partial charge is 0.309 e. The predicted octanol–water partition coefficient (Wildman–Crippen LogP) is 20.8. The van der Waals surface area contributed by atoms with Crippen molar-refractivity contribution in [3.63, 3.8) is 0 Å². The second-order valence-corrected chi connectivity index (χ2v) is 23.3. The van der Waals surface area contributed by atoms with Crippen molar-refractivity contribution >= 4 is 43.6 Å². The van der Waals surface area contributed by atoms with E-state index >= 15 is 0 Å². The van der Waals surface area contributed by atoms with E-state index in [4.69, 9.17) is 0 Å². The van der Waals surface area contributed by atoms with Crippen LogP contribution in [0.5, 0.6) is 0 Å². The van der Waals surface area contributed by atoms with Crippen LogP contribution in [0.3, 0.4) is 0 Å². The first-order chi connectivity index (χ1) is 39.2. The topological polar surface area (TPSA) is 9.86 Å². The fraction of sp³-hybridized carbons (Fsp3) is 0.0769. The maximum Gasteiger partial charge on any atom is 0.0541 e. The van der Waals surface area contributed by atoms with Gasteiger partial charge >= 0.3 is 0 Å². The first kappa shape index (κ1) is 46.3. The minimum absolute atomic E-state index is 0.163. The fourth-order valence-electron chi connectivity index (χ4n) is 13.9. The lowest BCUT2D eigenvalue weighted by Crippen LogP contribution is -2.15. The average Bonchev–Trinajstić information content (AvgIpc) is 4.37. The summed E-state index contributed by atoms with van der Waals surface area (Å²) in [5, 5.41) is 5.07. The number of benzene rings is 12. The second-order valence-electron chi connectivity index (χ2n) is 23.3. The van der Waals surface area contributed by atoms with Crippen LogP contribution in [-0.4, -0.2) is 9.13 Å². The molecule has 0 atom stereocenters. The third-order valence-electron chi connectivity index (χ3n) is 18.2. The van der Waals surface area contributed by atoms with Gasteiger partial charge in [-0.2, -0.15) is 0 Å². The van der Waals surface area contributed by atoms with Crippen molar-refractivity contribution in [3.8, 4) is 89.3 Å². The Morgan fingerprint density at radius 1 is 0.212 bits per heavy atom. The Morgan fingerprint density at radius 3 is 0.800 bits per heavy atom. The molecular weight excluding hydrogens is 965 g/mol. The van der Waals surface area contributed by atoms with E-state index in [0.29, 0.717) is 0 Å². The number of rotatable bonds is 7. The van der Waals surface area contributed by atoms with Gasteiger partial charge in [-0.05, 0) is 185 Å². The van der Waals surface area contributed by atoms with Crippen molar-refractivity contribution in [1.29, 1.82) is 0 Å². The van der Waals surface area contributed by atoms with Gasteiger partial charge in [-0.1, -0.05) is 210 Å². The summed E-state index contributed by atoms with van der Waals surface area (Å²) in [7, 11) is 0. The molecule has 0 fully saturated rings. The molecule has 0 N–H and O–H groups in total. The highest BCUT2D eigenvalue weighted by molar-refractivity contribution is 6.12. The Hall–Kier alpha value is -9.76. The summed E-state index contributed by atoms with van der Waals surface area (Å²) in [6.45, 7) is 9.61. The van der Waals surface area contributed by atoms with E-state index in [2.05, 4.69) is 304 Å². The highest BCUT2D eigenvalue weighted by atomic mass is 15.0. The monoisotopic (exact) mass is 1020 g/mol. The van der Waals surface area contributed by atoms with Crippen molar-refractivity contribution in [2.75, 3.05) is 0 Å². The second kappa shape index (κ2) is 17.4. The minimum atomic E-state index is -0.163. The highest BCUT2D eigenvalue weighted by Crippen LogP contribution is 2.53. The van der Waals surface area contributed by atoms with Crippen LogP contribution in [0, 0.1) is 0 Å². The smallest absolute Gasteiger partial charge is 0.0541 e. The lowest BCUT2D eigenvalue weighted by molar-refractivity contribution is 0.660. The Bertz CT molecular complexity index is 4520. The molecule has 0 amide bonds. The van der Waals surface area contributed by atoms with E-state index in [1.54, 1.807) is 0 Å². The lowest BCUT2D eigenvalue weighted by atomic mass is 9.79. The molecule has 0 saturated carbocycles. The molecule has 2 aliphatic rings. The molecule has 12 aromatic carbocycles. The highest BCUT2D eigenvalue weighted by Gasteiger charge is 2.38. The van der Waals surface area contributed by atoms with Crippen molar-refractivity contribution in [1.82, 2.24) is 9.13 Å². The maximum absolute atomic E-state index is 2.47. The number of hydrogen-bond donors (Lipinski definition) is 0. The summed E-state index contributed by atoms with van der Waals surface area (Å²) in [5.41, 5.74) is 30.1. The third-order valence-corrected chi connectivity index (χ3v) is 18.2. The molecule has 0 bridgehead atoms. The first-order valence-electron chi connectivity index (χ1n) is 28.1. The molecule has 2 heteroatoms. The van der Waals surface area contributed by atoms with Crippen molar-refractivity contribution in [2.24, 2.45) is 0 Å². The van der Waals surface area contributed by atoms with Crippen LogP contribution >= 0.6 is 0 Å². The van der Waals surface area contributed by atoms with E-state index < -0.39 is 0 Å². The van der Waals surface area contributed by atoms with Crippen LogP contribution in [-0.2, 0) is 10.8 Å². The summed E-state index contributed by atoms with van der Waals surface area (Å²) >= 11 is 0. The standard InChI is InChI=1S/C78H56N2/c1-77(2)69-45-55(51-27-23-49(24-28-51)53-35-41-75-67(43-53)65-19-11-13-21-73(65)79(75)59-15-7-5-8-16-59)31-37-61(69)63-39-33-57(47-71(63)77)58-34-40-64-62-38-32-56(46-70(62)78(3,4)72(64)48-58)52-29-25-50(26-30-52)54-36-42-76-68(44-54)66-20-12-14-22-74(66)80(76)60-17-9-6-10-18-60/h5-48H,1-4H3. The summed E-state index contributed by atoms with van der Waals surface area (Å²) in [4.78, 5) is 0. The van der Waals surface area contributed by atoms with Gasteiger partial charge in [0.2, 0.25) is 0 Å². The van der Waals surface area contributed by atoms with E-state index in [1.165, 1.54) is 155 Å². The molecule has 0 saturated heterocycles. The van der Waals surface area contributed by atoms with Gasteiger partial charge in [0.25, 0.3) is 0 Å². The van der Waals surface area contributed by atoms with Gasteiger partial charge in [-0.3, -0.25) is 0 Å². The van der Waals surface area contributed by atoms with Crippen LogP contribution in [0.4, 0.5) is 0 Å². The van der Waals surface area contributed by atoms with E-state index in [-0.39, 0.29) is 10.8 Å². The molecule has 80 heavy (non-hydrogen) atoms. The number of nitrogens with zero attached hydrogens (tertiary/aromatic N) is 2.